The summed E-state index contributed by atoms with van der Waals surface area (Å²) in [6.45, 7) is 3.95. The van der Waals surface area contributed by atoms with Crippen LogP contribution in [0.2, 0.25) is 0 Å². The van der Waals surface area contributed by atoms with Gasteiger partial charge in [0, 0.05) is 25.2 Å². The Morgan fingerprint density at radius 3 is 2.67 bits per heavy atom. The van der Waals surface area contributed by atoms with Gasteiger partial charge in [-0.3, -0.25) is 4.79 Å². The Morgan fingerprint density at radius 2 is 2.04 bits per heavy atom. The van der Waals surface area contributed by atoms with E-state index in [4.69, 9.17) is 9.47 Å². The first-order valence-corrected chi connectivity index (χ1v) is 8.11. The van der Waals surface area contributed by atoms with Crippen LogP contribution in [0.4, 0.5) is 10.5 Å². The number of nitrogens with zero attached hydrogens (tertiary/aromatic N) is 2. The van der Waals surface area contributed by atoms with E-state index in [0.717, 1.165) is 11.4 Å². The van der Waals surface area contributed by atoms with Crippen molar-refractivity contribution in [2.24, 2.45) is 0 Å². The molecule has 1 aliphatic heterocycles. The van der Waals surface area contributed by atoms with Crippen LogP contribution in [0.5, 0.6) is 5.75 Å². The molecule has 1 aromatic carbocycles. The molecule has 7 heteroatoms. The molecule has 1 fully saturated rings. The number of amides is 2. The van der Waals surface area contributed by atoms with Crippen molar-refractivity contribution in [3.63, 3.8) is 0 Å². The summed E-state index contributed by atoms with van der Waals surface area (Å²) >= 11 is 0. The molecule has 0 spiro atoms. The lowest BCUT2D eigenvalue weighted by molar-refractivity contribution is -0.117. The molecule has 1 N–H and O–H groups in total. The molecule has 1 saturated heterocycles. The number of carbonyl (C=O) groups excluding carboxylic acids is 2. The first kappa shape index (κ1) is 18.1. The van der Waals surface area contributed by atoms with Gasteiger partial charge in [-0.2, -0.15) is 0 Å². The van der Waals surface area contributed by atoms with Crippen LogP contribution in [0.25, 0.3) is 0 Å². The molecular weight excluding hydrogens is 310 g/mol. The molecule has 0 unspecified atom stereocenters. The molecule has 0 radical (unpaired) electrons. The van der Waals surface area contributed by atoms with Gasteiger partial charge in [-0.15, -0.1) is 0 Å². The molecule has 7 nitrogen and oxygen atoms in total. The second-order valence-electron chi connectivity index (χ2n) is 5.92. The third-order valence-electron chi connectivity index (χ3n) is 3.68. The van der Waals surface area contributed by atoms with Gasteiger partial charge in [-0.25, -0.2) is 4.79 Å². The SMILES string of the molecule is CCOc1ccc(N2C[C@@H](NC(=O)OCCN(C)C)CC2=O)cc1. The zero-order valence-corrected chi connectivity index (χ0v) is 14.4. The summed E-state index contributed by atoms with van der Waals surface area (Å²) < 4.78 is 10.5. The quantitative estimate of drug-likeness (QED) is 0.817. The summed E-state index contributed by atoms with van der Waals surface area (Å²) in [4.78, 5) is 27.5. The normalized spacial score (nSPS) is 17.2. The molecule has 1 aromatic rings. The maximum absolute atomic E-state index is 12.2. The van der Waals surface area contributed by atoms with E-state index in [-0.39, 0.29) is 18.4 Å². The molecule has 1 heterocycles. The largest absolute Gasteiger partial charge is 0.494 e. The molecule has 0 bridgehead atoms. The molecule has 2 rings (SSSR count). The average molecular weight is 335 g/mol. The second-order valence-corrected chi connectivity index (χ2v) is 5.92. The number of hydrogen-bond donors (Lipinski definition) is 1. The van der Waals surface area contributed by atoms with Crippen molar-refractivity contribution in [2.45, 2.75) is 19.4 Å². The Labute approximate surface area is 142 Å². The minimum absolute atomic E-state index is 0.0160. The zero-order chi connectivity index (χ0) is 17.5. The van der Waals surface area contributed by atoms with E-state index >= 15 is 0 Å². The first-order valence-electron chi connectivity index (χ1n) is 8.11. The fraction of sp³-hybridized carbons (Fsp3) is 0.529. The van der Waals surface area contributed by atoms with Gasteiger partial charge in [0.2, 0.25) is 5.91 Å². The van der Waals surface area contributed by atoms with Gasteiger partial charge in [0.15, 0.2) is 0 Å². The highest BCUT2D eigenvalue weighted by Gasteiger charge is 2.31. The Hall–Kier alpha value is -2.28. The van der Waals surface area contributed by atoms with Crippen molar-refractivity contribution >= 4 is 17.7 Å². The van der Waals surface area contributed by atoms with Crippen molar-refractivity contribution in [3.05, 3.63) is 24.3 Å². The van der Waals surface area contributed by atoms with Crippen molar-refractivity contribution in [2.75, 3.05) is 45.3 Å². The van der Waals surface area contributed by atoms with Crippen LogP contribution in [0, 0.1) is 0 Å². The minimum atomic E-state index is -0.483. The molecule has 24 heavy (non-hydrogen) atoms. The molecule has 0 aromatic heterocycles. The standard InChI is InChI=1S/C17H25N3O4/c1-4-23-15-7-5-14(6-8-15)20-12-13(11-16(20)21)18-17(22)24-10-9-19(2)3/h5-8,13H,4,9-12H2,1-3H3,(H,18,22)/t13-/m0/s1. The molecular formula is C17H25N3O4. The first-order chi connectivity index (χ1) is 11.5. The van der Waals surface area contributed by atoms with E-state index in [2.05, 4.69) is 5.32 Å². The topological polar surface area (TPSA) is 71.1 Å². The van der Waals surface area contributed by atoms with Gasteiger partial charge in [-0.1, -0.05) is 0 Å². The average Bonchev–Trinajstić information content (AvgIpc) is 2.88. The van der Waals surface area contributed by atoms with E-state index in [1.54, 1.807) is 4.90 Å². The predicted octanol–water partition coefficient (Wildman–Crippen LogP) is 1.48. The summed E-state index contributed by atoms with van der Waals surface area (Å²) in [7, 11) is 3.82. The van der Waals surface area contributed by atoms with E-state index in [0.29, 0.717) is 26.3 Å². The number of ether oxygens (including phenoxy) is 2. The monoisotopic (exact) mass is 335 g/mol. The highest BCUT2D eigenvalue weighted by Crippen LogP contribution is 2.24. The van der Waals surface area contributed by atoms with Crippen LogP contribution in [0.1, 0.15) is 13.3 Å². The maximum Gasteiger partial charge on any atom is 0.407 e. The lowest BCUT2D eigenvalue weighted by Crippen LogP contribution is -2.38. The van der Waals surface area contributed by atoms with Crippen LogP contribution in [0.15, 0.2) is 24.3 Å². The lowest BCUT2D eigenvalue weighted by atomic mass is 10.2. The lowest BCUT2D eigenvalue weighted by Gasteiger charge is -2.18. The van der Waals surface area contributed by atoms with Crippen LogP contribution in [-0.2, 0) is 9.53 Å². The van der Waals surface area contributed by atoms with E-state index in [9.17, 15) is 9.59 Å². The molecule has 0 aliphatic carbocycles. The van der Waals surface area contributed by atoms with Gasteiger partial charge >= 0.3 is 6.09 Å². The Balaban J connectivity index is 1.85. The molecule has 1 atom stereocenters. The smallest absolute Gasteiger partial charge is 0.407 e. The summed E-state index contributed by atoms with van der Waals surface area (Å²) in [5.74, 6) is 0.754. The number of nitrogens with one attached hydrogen (secondary N) is 1. The zero-order valence-electron chi connectivity index (χ0n) is 14.4. The van der Waals surface area contributed by atoms with Gasteiger partial charge in [0.25, 0.3) is 0 Å². The van der Waals surface area contributed by atoms with Crippen LogP contribution < -0.4 is 15.0 Å². The Bertz CT molecular complexity index is 559. The number of alkyl carbamates (subject to hydrolysis) is 1. The third kappa shape index (κ3) is 5.13. The fourth-order valence-electron chi connectivity index (χ4n) is 2.47. The summed E-state index contributed by atoms with van der Waals surface area (Å²) in [5.41, 5.74) is 0.800. The summed E-state index contributed by atoms with van der Waals surface area (Å²) in [6.07, 6.45) is -0.209. The Morgan fingerprint density at radius 1 is 1.33 bits per heavy atom. The highest BCUT2D eigenvalue weighted by atomic mass is 16.5. The molecule has 1 aliphatic rings. The number of likely N-dealkylation sites (N-methyl/N-ethyl adjacent to an activating group) is 1. The highest BCUT2D eigenvalue weighted by molar-refractivity contribution is 5.96. The van der Waals surface area contributed by atoms with E-state index < -0.39 is 6.09 Å². The van der Waals surface area contributed by atoms with Gasteiger partial charge in [-0.05, 0) is 45.3 Å². The summed E-state index contributed by atoms with van der Waals surface area (Å²) in [6, 6.07) is 7.13. The maximum atomic E-state index is 12.2. The molecule has 132 valence electrons. The molecule has 0 saturated carbocycles. The van der Waals surface area contributed by atoms with E-state index in [1.807, 2.05) is 50.2 Å². The van der Waals surface area contributed by atoms with Crippen molar-refractivity contribution in [3.8, 4) is 5.75 Å². The number of hydrogen-bond acceptors (Lipinski definition) is 5. The van der Waals surface area contributed by atoms with E-state index in [1.165, 1.54) is 0 Å². The Kier molecular flexibility index (Phi) is 6.43. The predicted molar refractivity (Wildman–Crippen MR) is 91.4 cm³/mol. The third-order valence-corrected chi connectivity index (χ3v) is 3.68. The van der Waals surface area contributed by atoms with Gasteiger partial charge in [0.05, 0.1) is 12.6 Å². The van der Waals surface area contributed by atoms with Crippen LogP contribution in [0.3, 0.4) is 0 Å². The minimum Gasteiger partial charge on any atom is -0.494 e. The summed E-state index contributed by atoms with van der Waals surface area (Å²) in [5, 5.41) is 2.75. The number of carbonyl (C=O) groups is 2. The van der Waals surface area contributed by atoms with Crippen molar-refractivity contribution < 1.29 is 19.1 Å². The van der Waals surface area contributed by atoms with Gasteiger partial charge < -0.3 is 24.6 Å². The number of rotatable bonds is 7. The molecule has 2 amide bonds. The van der Waals surface area contributed by atoms with Crippen LogP contribution in [-0.4, -0.2) is 63.3 Å². The number of anilines is 1. The van der Waals surface area contributed by atoms with Crippen LogP contribution >= 0.6 is 0 Å². The fourth-order valence-corrected chi connectivity index (χ4v) is 2.47. The van der Waals surface area contributed by atoms with Crippen molar-refractivity contribution in [1.29, 1.82) is 0 Å². The second kappa shape index (κ2) is 8.54. The number of benzene rings is 1. The van der Waals surface area contributed by atoms with Gasteiger partial charge in [0.1, 0.15) is 12.4 Å². The van der Waals surface area contributed by atoms with Crippen molar-refractivity contribution in [1.82, 2.24) is 10.2 Å².